The molecule has 0 amide bonds. The molecule has 0 atom stereocenters. The van der Waals surface area contributed by atoms with Gasteiger partial charge in [0, 0.05) is 0 Å². The van der Waals surface area contributed by atoms with Crippen molar-refractivity contribution in [3.8, 4) is 0 Å². The van der Waals surface area contributed by atoms with Crippen LogP contribution in [0.1, 0.15) is 312 Å². The Bertz CT molecular complexity index is 633. The Balaban J connectivity index is 0.000000315. The van der Waals surface area contributed by atoms with Gasteiger partial charge in [-0.3, -0.25) is 0 Å². The minimum absolute atomic E-state index is 0.858. The minimum atomic E-state index is 0.858. The van der Waals surface area contributed by atoms with Gasteiger partial charge in [-0.2, -0.15) is 0 Å². The van der Waals surface area contributed by atoms with E-state index in [1.54, 1.807) is 103 Å². The van der Waals surface area contributed by atoms with Gasteiger partial charge in [0.25, 0.3) is 0 Å². The van der Waals surface area contributed by atoms with E-state index < -0.39 is 0 Å². The van der Waals surface area contributed by atoms with E-state index in [1.807, 2.05) is 0 Å². The highest BCUT2D eigenvalue weighted by Crippen LogP contribution is 2.51. The van der Waals surface area contributed by atoms with E-state index in [1.165, 1.54) is 154 Å². The zero-order chi connectivity index (χ0) is 38.3. The van der Waals surface area contributed by atoms with Crippen LogP contribution in [0.15, 0.2) is 0 Å². The number of hydrogen-bond donors (Lipinski definition) is 0. The highest BCUT2D eigenvalue weighted by molar-refractivity contribution is 4.89. The predicted octanol–water partition coefficient (Wildman–Crippen LogP) is 19.7. The first-order chi connectivity index (χ1) is 25.3. The SMILES string of the molecule is C1CCC2(C1)CCCC2.C1CCC2(CC1)CCCC2.C1CCC2(CC1)CCCC2.C1CCC2(CC1)CCCCC2.CCC.CCC.CCC.CCC. The molecule has 0 saturated heterocycles. The van der Waals surface area contributed by atoms with Gasteiger partial charge in [0.05, 0.1) is 0 Å². The quantitative estimate of drug-likeness (QED) is 0.233. The normalized spacial score (nSPS) is 25.4. The fourth-order valence-electron chi connectivity index (χ4n) is 11.7. The van der Waals surface area contributed by atoms with Crippen molar-refractivity contribution >= 4 is 0 Å². The molecule has 0 aromatic carbocycles. The van der Waals surface area contributed by atoms with E-state index in [0.717, 1.165) is 21.7 Å². The van der Waals surface area contributed by atoms with Crippen molar-refractivity contribution in [1.82, 2.24) is 0 Å². The average molecular weight is 729 g/mol. The summed E-state index contributed by atoms with van der Waals surface area (Å²) in [5.74, 6) is 0. The molecule has 0 heteroatoms. The summed E-state index contributed by atoms with van der Waals surface area (Å²) in [6, 6.07) is 0. The van der Waals surface area contributed by atoms with Crippen LogP contribution in [0.25, 0.3) is 0 Å². The van der Waals surface area contributed by atoms with Crippen LogP contribution in [0.3, 0.4) is 0 Å². The summed E-state index contributed by atoms with van der Waals surface area (Å²) in [5.41, 5.74) is 3.49. The molecule has 0 nitrogen and oxygen atoms in total. The Morgan fingerprint density at radius 1 is 0.173 bits per heavy atom. The predicted molar refractivity (Wildman–Crippen MR) is 240 cm³/mol. The van der Waals surface area contributed by atoms with E-state index >= 15 is 0 Å². The zero-order valence-electron chi connectivity index (χ0n) is 38.3. The third-order valence-electron chi connectivity index (χ3n) is 14.3. The van der Waals surface area contributed by atoms with Crippen LogP contribution in [0, 0.1) is 21.7 Å². The lowest BCUT2D eigenvalue weighted by atomic mass is 9.65. The van der Waals surface area contributed by atoms with E-state index in [0.29, 0.717) is 0 Å². The first-order valence-corrected chi connectivity index (χ1v) is 25.3. The van der Waals surface area contributed by atoms with E-state index in [9.17, 15) is 0 Å². The summed E-state index contributed by atoms with van der Waals surface area (Å²) in [6.07, 6.45) is 60.5. The van der Waals surface area contributed by atoms with Crippen molar-refractivity contribution in [3.05, 3.63) is 0 Å². The summed E-state index contributed by atoms with van der Waals surface area (Å²) >= 11 is 0. The van der Waals surface area contributed by atoms with Gasteiger partial charge in [0.2, 0.25) is 0 Å². The molecule has 0 N–H and O–H groups in total. The van der Waals surface area contributed by atoms with Crippen LogP contribution in [-0.4, -0.2) is 0 Å². The summed E-state index contributed by atoms with van der Waals surface area (Å²) in [6.45, 7) is 17.0. The molecule has 8 aliphatic carbocycles. The van der Waals surface area contributed by atoms with Crippen LogP contribution in [-0.2, 0) is 0 Å². The fraction of sp³-hybridized carbons (Fsp3) is 1.00. The molecular formula is C52H104. The summed E-state index contributed by atoms with van der Waals surface area (Å²) in [5, 5.41) is 0. The Morgan fingerprint density at radius 3 is 0.346 bits per heavy atom. The molecule has 8 saturated carbocycles. The van der Waals surface area contributed by atoms with E-state index in [2.05, 4.69) is 55.4 Å². The van der Waals surface area contributed by atoms with Crippen LogP contribution < -0.4 is 0 Å². The highest BCUT2D eigenvalue weighted by atomic mass is 14.4. The van der Waals surface area contributed by atoms with Crippen molar-refractivity contribution in [3.63, 3.8) is 0 Å². The lowest BCUT2D eigenvalue weighted by Gasteiger charge is -2.40. The van der Waals surface area contributed by atoms with Crippen molar-refractivity contribution in [2.75, 3.05) is 0 Å². The van der Waals surface area contributed by atoms with Crippen LogP contribution >= 0.6 is 0 Å². The van der Waals surface area contributed by atoms with Gasteiger partial charge in [-0.1, -0.05) is 209 Å². The monoisotopic (exact) mass is 729 g/mol. The summed E-state index contributed by atoms with van der Waals surface area (Å²) < 4.78 is 0. The standard InChI is InChI=1S/C11H20.2C10H18.C9H16.4C3H8/c1-3-7-11(8-4-1)9-5-2-6-10-11;2*1-2-6-10(7-3-1)8-4-5-9-10;1-2-6-9(5-1)7-3-4-8-9;4*1-3-2/h1-10H2;2*1-9H2;1-8H2;4*3H2,1-2H3. The van der Waals surface area contributed by atoms with Gasteiger partial charge in [-0.15, -0.1) is 0 Å². The second-order valence-corrected chi connectivity index (χ2v) is 19.9. The molecule has 0 aliphatic heterocycles. The zero-order valence-corrected chi connectivity index (χ0v) is 38.3. The van der Waals surface area contributed by atoms with Gasteiger partial charge in [0.15, 0.2) is 0 Å². The van der Waals surface area contributed by atoms with Gasteiger partial charge < -0.3 is 0 Å². The highest BCUT2D eigenvalue weighted by Gasteiger charge is 2.37. The average Bonchev–Trinajstić information content (AvgIpc) is 4.01. The maximum absolute atomic E-state index is 2.12. The molecule has 0 heterocycles. The largest absolute Gasteiger partial charge is 0.0656 e. The van der Waals surface area contributed by atoms with Crippen LogP contribution in [0.5, 0.6) is 0 Å². The minimum Gasteiger partial charge on any atom is -0.0656 e. The van der Waals surface area contributed by atoms with Gasteiger partial charge in [0.1, 0.15) is 0 Å². The Labute approximate surface area is 332 Å². The van der Waals surface area contributed by atoms with Crippen molar-refractivity contribution in [2.24, 2.45) is 21.7 Å². The molecular weight excluding hydrogens is 625 g/mol. The lowest BCUT2D eigenvalue weighted by molar-refractivity contribution is 0.124. The maximum atomic E-state index is 2.12. The third kappa shape index (κ3) is 20.8. The topological polar surface area (TPSA) is 0 Å². The summed E-state index contributed by atoms with van der Waals surface area (Å²) in [4.78, 5) is 0. The second kappa shape index (κ2) is 31.1. The van der Waals surface area contributed by atoms with Crippen LogP contribution in [0.2, 0.25) is 0 Å². The molecule has 8 rings (SSSR count). The Morgan fingerprint density at radius 2 is 0.250 bits per heavy atom. The van der Waals surface area contributed by atoms with Gasteiger partial charge in [-0.25, -0.2) is 0 Å². The molecule has 8 aliphatic rings. The maximum Gasteiger partial charge on any atom is -0.0297 e. The van der Waals surface area contributed by atoms with E-state index in [-0.39, 0.29) is 0 Å². The Kier molecular flexibility index (Phi) is 29.9. The first kappa shape index (κ1) is 50.0. The third-order valence-corrected chi connectivity index (χ3v) is 14.3. The number of rotatable bonds is 0. The molecule has 0 unspecified atom stereocenters. The van der Waals surface area contributed by atoms with Crippen molar-refractivity contribution in [2.45, 2.75) is 312 Å². The van der Waals surface area contributed by atoms with Gasteiger partial charge >= 0.3 is 0 Å². The lowest BCUT2D eigenvalue weighted by Crippen LogP contribution is -2.26. The Hall–Kier alpha value is 0. The van der Waals surface area contributed by atoms with Gasteiger partial charge in [-0.05, 0) is 124 Å². The second-order valence-electron chi connectivity index (χ2n) is 19.9. The van der Waals surface area contributed by atoms with Crippen LogP contribution in [0.4, 0.5) is 0 Å². The van der Waals surface area contributed by atoms with Crippen molar-refractivity contribution < 1.29 is 0 Å². The molecule has 8 fully saturated rings. The fourth-order valence-corrected chi connectivity index (χ4v) is 11.7. The molecule has 0 radical (unpaired) electrons. The van der Waals surface area contributed by atoms with Crippen molar-refractivity contribution in [1.29, 1.82) is 0 Å². The molecule has 0 bridgehead atoms. The molecule has 52 heavy (non-hydrogen) atoms. The molecule has 0 aromatic rings. The summed E-state index contributed by atoms with van der Waals surface area (Å²) in [7, 11) is 0. The molecule has 312 valence electrons. The van der Waals surface area contributed by atoms with E-state index in [4.69, 9.17) is 0 Å². The smallest absolute Gasteiger partial charge is 0.0297 e. The molecule has 0 aromatic heterocycles. The number of hydrogen-bond acceptors (Lipinski definition) is 0. The first-order valence-electron chi connectivity index (χ1n) is 25.3. The molecule has 4 spiro atoms.